The number of nitrogens with one attached hydrogen (secondary N) is 2. The predicted molar refractivity (Wildman–Crippen MR) is 118 cm³/mol. The number of pyridine rings is 2. The Balaban J connectivity index is 1.69. The van der Waals surface area contributed by atoms with Gasteiger partial charge < -0.3 is 15.5 Å². The Morgan fingerprint density at radius 1 is 1.07 bits per heavy atom. The van der Waals surface area contributed by atoms with Gasteiger partial charge in [0, 0.05) is 42.8 Å². The van der Waals surface area contributed by atoms with Crippen molar-refractivity contribution in [2.24, 2.45) is 0 Å². The molecule has 0 aliphatic heterocycles. The highest BCUT2D eigenvalue weighted by Gasteiger charge is 2.08. The van der Waals surface area contributed by atoms with Gasteiger partial charge >= 0.3 is 0 Å². The van der Waals surface area contributed by atoms with Crippen LogP contribution >= 0.6 is 11.6 Å². The highest BCUT2D eigenvalue weighted by molar-refractivity contribution is 6.33. The van der Waals surface area contributed by atoms with E-state index in [1.807, 2.05) is 18.2 Å². The highest BCUT2D eigenvalue weighted by Crippen LogP contribution is 2.30. The van der Waals surface area contributed by atoms with Gasteiger partial charge in [0.2, 0.25) is 0 Å². The number of hydrogen-bond acceptors (Lipinski definition) is 5. The molecule has 0 spiro atoms. The van der Waals surface area contributed by atoms with Crippen molar-refractivity contribution in [1.29, 1.82) is 0 Å². The van der Waals surface area contributed by atoms with E-state index in [1.54, 1.807) is 24.7 Å². The summed E-state index contributed by atoms with van der Waals surface area (Å²) < 4.78 is 13.3. The van der Waals surface area contributed by atoms with Crippen LogP contribution in [0.1, 0.15) is 12.0 Å². The maximum atomic E-state index is 13.3. The number of aromatic nitrogens is 2. The summed E-state index contributed by atoms with van der Waals surface area (Å²) in [6, 6.07) is 10.4. The van der Waals surface area contributed by atoms with Gasteiger partial charge in [-0.05, 0) is 56.9 Å². The van der Waals surface area contributed by atoms with E-state index in [2.05, 4.69) is 39.6 Å². The SMILES string of the molecule is CN(C)CCCNc1cc(-c2cncc(NCc3cccc(F)c3)c2)c(Cl)cn1. The fourth-order valence-corrected chi connectivity index (χ4v) is 3.12. The van der Waals surface area contributed by atoms with Gasteiger partial charge in [0.1, 0.15) is 11.6 Å². The molecule has 2 aromatic heterocycles. The van der Waals surface area contributed by atoms with Crippen molar-refractivity contribution in [3.8, 4) is 11.1 Å². The van der Waals surface area contributed by atoms with Crippen LogP contribution < -0.4 is 10.6 Å². The molecule has 3 aromatic rings. The molecule has 0 saturated heterocycles. The lowest BCUT2D eigenvalue weighted by atomic mass is 10.1. The first-order valence-electron chi connectivity index (χ1n) is 9.49. The van der Waals surface area contributed by atoms with Crippen LogP contribution in [-0.2, 0) is 6.54 Å². The fraction of sp³-hybridized carbons (Fsp3) is 0.273. The van der Waals surface area contributed by atoms with Crippen LogP contribution in [0.3, 0.4) is 0 Å². The molecule has 2 N–H and O–H groups in total. The van der Waals surface area contributed by atoms with Crippen LogP contribution in [0.5, 0.6) is 0 Å². The molecule has 0 saturated carbocycles. The first kappa shape index (κ1) is 21.0. The molecule has 0 atom stereocenters. The molecule has 0 amide bonds. The number of hydrogen-bond donors (Lipinski definition) is 2. The Bertz CT molecular complexity index is 948. The second-order valence-electron chi connectivity index (χ2n) is 7.08. The zero-order valence-electron chi connectivity index (χ0n) is 16.6. The summed E-state index contributed by atoms with van der Waals surface area (Å²) in [6.07, 6.45) is 6.17. The fourth-order valence-electron chi connectivity index (χ4n) is 2.90. The van der Waals surface area contributed by atoms with Gasteiger partial charge in [0.25, 0.3) is 0 Å². The van der Waals surface area contributed by atoms with Gasteiger partial charge in [-0.3, -0.25) is 4.98 Å². The average molecular weight is 414 g/mol. The molecule has 3 rings (SSSR count). The Kier molecular flexibility index (Phi) is 7.38. The average Bonchev–Trinajstić information content (AvgIpc) is 2.71. The summed E-state index contributed by atoms with van der Waals surface area (Å²) in [5.74, 6) is 0.534. The zero-order valence-corrected chi connectivity index (χ0v) is 17.4. The van der Waals surface area contributed by atoms with Gasteiger partial charge in [-0.2, -0.15) is 0 Å². The van der Waals surface area contributed by atoms with Crippen molar-refractivity contribution in [3.05, 3.63) is 71.4 Å². The van der Waals surface area contributed by atoms with Crippen LogP contribution in [0.25, 0.3) is 11.1 Å². The minimum atomic E-state index is -0.245. The van der Waals surface area contributed by atoms with E-state index in [0.29, 0.717) is 11.6 Å². The molecule has 0 unspecified atom stereocenters. The normalized spacial score (nSPS) is 10.9. The molecule has 2 heterocycles. The molecular weight excluding hydrogens is 389 g/mol. The Morgan fingerprint density at radius 3 is 2.72 bits per heavy atom. The Labute approximate surface area is 176 Å². The molecule has 5 nitrogen and oxygen atoms in total. The van der Waals surface area contributed by atoms with E-state index < -0.39 is 0 Å². The molecule has 7 heteroatoms. The summed E-state index contributed by atoms with van der Waals surface area (Å²) in [4.78, 5) is 10.8. The number of halogens is 2. The van der Waals surface area contributed by atoms with Gasteiger partial charge in [0.15, 0.2) is 0 Å². The second kappa shape index (κ2) is 10.2. The van der Waals surface area contributed by atoms with Gasteiger partial charge in [0.05, 0.1) is 10.7 Å². The summed E-state index contributed by atoms with van der Waals surface area (Å²) >= 11 is 6.39. The Morgan fingerprint density at radius 2 is 1.93 bits per heavy atom. The Hall–Kier alpha value is -2.70. The molecule has 0 fully saturated rings. The number of benzene rings is 1. The van der Waals surface area contributed by atoms with Crippen molar-refractivity contribution in [2.75, 3.05) is 37.8 Å². The molecule has 0 radical (unpaired) electrons. The maximum absolute atomic E-state index is 13.3. The lowest BCUT2D eigenvalue weighted by Gasteiger charge is -2.12. The number of anilines is 2. The third-order valence-corrected chi connectivity index (χ3v) is 4.68. The first-order valence-corrected chi connectivity index (χ1v) is 9.87. The van der Waals surface area contributed by atoms with Crippen molar-refractivity contribution in [3.63, 3.8) is 0 Å². The largest absolute Gasteiger partial charge is 0.380 e. The van der Waals surface area contributed by atoms with Gasteiger partial charge in [-0.15, -0.1) is 0 Å². The predicted octanol–water partition coefficient (Wildman–Crippen LogP) is 4.91. The second-order valence-corrected chi connectivity index (χ2v) is 7.49. The van der Waals surface area contributed by atoms with Crippen LogP contribution in [0.15, 0.2) is 55.0 Å². The third-order valence-electron chi connectivity index (χ3n) is 4.38. The lowest BCUT2D eigenvalue weighted by Crippen LogP contribution is -2.16. The molecular formula is C22H25ClFN5. The summed E-state index contributed by atoms with van der Waals surface area (Å²) in [6.45, 7) is 2.35. The minimum absolute atomic E-state index is 0.245. The van der Waals surface area contributed by atoms with Crippen molar-refractivity contribution >= 4 is 23.1 Å². The number of nitrogens with zero attached hydrogens (tertiary/aromatic N) is 3. The van der Waals surface area contributed by atoms with E-state index in [9.17, 15) is 4.39 Å². The van der Waals surface area contributed by atoms with E-state index in [0.717, 1.165) is 47.7 Å². The smallest absolute Gasteiger partial charge is 0.126 e. The zero-order chi connectivity index (χ0) is 20.6. The quantitative estimate of drug-likeness (QED) is 0.488. The van der Waals surface area contributed by atoms with Crippen molar-refractivity contribution < 1.29 is 4.39 Å². The summed E-state index contributed by atoms with van der Waals surface area (Å²) in [7, 11) is 4.11. The van der Waals surface area contributed by atoms with E-state index in [1.165, 1.54) is 12.1 Å². The highest BCUT2D eigenvalue weighted by atomic mass is 35.5. The molecule has 0 aliphatic rings. The molecule has 0 aliphatic carbocycles. The third kappa shape index (κ3) is 6.41. The van der Waals surface area contributed by atoms with Gasteiger partial charge in [-0.1, -0.05) is 23.7 Å². The van der Waals surface area contributed by atoms with Crippen molar-refractivity contribution in [1.82, 2.24) is 14.9 Å². The van der Waals surface area contributed by atoms with E-state index in [-0.39, 0.29) is 5.82 Å². The van der Waals surface area contributed by atoms with Crippen LogP contribution in [0, 0.1) is 5.82 Å². The minimum Gasteiger partial charge on any atom is -0.380 e. The molecule has 1 aromatic carbocycles. The van der Waals surface area contributed by atoms with Crippen LogP contribution in [0.2, 0.25) is 5.02 Å². The van der Waals surface area contributed by atoms with Crippen molar-refractivity contribution in [2.45, 2.75) is 13.0 Å². The number of rotatable bonds is 9. The maximum Gasteiger partial charge on any atom is 0.126 e. The van der Waals surface area contributed by atoms with E-state index >= 15 is 0 Å². The van der Waals surface area contributed by atoms with Crippen LogP contribution in [0.4, 0.5) is 15.9 Å². The van der Waals surface area contributed by atoms with E-state index in [4.69, 9.17) is 11.6 Å². The molecule has 29 heavy (non-hydrogen) atoms. The van der Waals surface area contributed by atoms with Gasteiger partial charge in [-0.25, -0.2) is 9.37 Å². The summed E-state index contributed by atoms with van der Waals surface area (Å²) in [5.41, 5.74) is 3.44. The summed E-state index contributed by atoms with van der Waals surface area (Å²) in [5, 5.41) is 7.18. The standard InChI is InChI=1S/C22H25ClFN5/c1-29(2)8-4-7-26-22-11-20(21(23)15-28-22)17-10-19(14-25-13-17)27-12-16-5-3-6-18(24)9-16/h3,5-6,9-11,13-15,27H,4,7-8,12H2,1-2H3,(H,26,28). The monoisotopic (exact) mass is 413 g/mol. The lowest BCUT2D eigenvalue weighted by molar-refractivity contribution is 0.405. The topological polar surface area (TPSA) is 53.1 Å². The molecule has 0 bridgehead atoms. The van der Waals surface area contributed by atoms with Crippen LogP contribution in [-0.4, -0.2) is 42.1 Å². The first-order chi connectivity index (χ1) is 14.0. The molecule has 152 valence electrons.